The van der Waals surface area contributed by atoms with Crippen LogP contribution in [0.1, 0.15) is 34.1 Å². The van der Waals surface area contributed by atoms with Gasteiger partial charge >= 0.3 is 0 Å². The van der Waals surface area contributed by atoms with Crippen molar-refractivity contribution in [1.29, 1.82) is 0 Å². The molecule has 1 nitrogen and oxygen atoms in total. The molecule has 58 valence electrons. The summed E-state index contributed by atoms with van der Waals surface area (Å²) in [7, 11) is 0. The van der Waals surface area contributed by atoms with Crippen LogP contribution in [0.3, 0.4) is 0 Å². The highest BCUT2D eigenvalue weighted by Gasteiger charge is 2.23. The van der Waals surface area contributed by atoms with Crippen molar-refractivity contribution >= 4 is 0 Å². The smallest absolute Gasteiger partial charge is 0.0988 e. The first-order valence-electron chi connectivity index (χ1n) is 3.85. The van der Waals surface area contributed by atoms with Crippen molar-refractivity contribution in [3.05, 3.63) is 11.8 Å². The van der Waals surface area contributed by atoms with Crippen LogP contribution in [0.4, 0.5) is 0 Å². The van der Waals surface area contributed by atoms with Crippen molar-refractivity contribution < 1.29 is 4.74 Å². The average molecular weight is 140 g/mol. The minimum absolute atomic E-state index is 0.296. The first-order chi connectivity index (χ1) is 4.50. The molecule has 1 aliphatic rings. The number of hydrogen-bond donors (Lipinski definition) is 0. The van der Waals surface area contributed by atoms with E-state index in [4.69, 9.17) is 4.74 Å². The van der Waals surface area contributed by atoms with Crippen molar-refractivity contribution in [3.8, 4) is 0 Å². The third-order valence-electron chi connectivity index (χ3n) is 1.91. The SMILES string of the molecule is CC1CC(C(C)(C)C)=CO1. The molecular formula is C9H16O. The Morgan fingerprint density at radius 2 is 2.10 bits per heavy atom. The molecule has 0 aliphatic carbocycles. The molecular weight excluding hydrogens is 124 g/mol. The van der Waals surface area contributed by atoms with Gasteiger partial charge in [0.15, 0.2) is 0 Å². The molecule has 1 aliphatic heterocycles. The molecule has 0 aromatic heterocycles. The van der Waals surface area contributed by atoms with E-state index >= 15 is 0 Å². The lowest BCUT2D eigenvalue weighted by Crippen LogP contribution is -2.09. The van der Waals surface area contributed by atoms with Crippen molar-refractivity contribution in [3.63, 3.8) is 0 Å². The van der Waals surface area contributed by atoms with Gasteiger partial charge in [-0.25, -0.2) is 0 Å². The molecule has 10 heavy (non-hydrogen) atoms. The first kappa shape index (κ1) is 7.64. The van der Waals surface area contributed by atoms with Crippen LogP contribution in [-0.2, 0) is 4.74 Å². The van der Waals surface area contributed by atoms with Crippen LogP contribution in [0, 0.1) is 5.41 Å². The lowest BCUT2D eigenvalue weighted by molar-refractivity contribution is 0.188. The lowest BCUT2D eigenvalue weighted by Gasteiger charge is -2.18. The van der Waals surface area contributed by atoms with Gasteiger partial charge in [-0.2, -0.15) is 0 Å². The normalized spacial score (nSPS) is 26.0. The Balaban J connectivity index is 2.60. The fourth-order valence-electron chi connectivity index (χ4n) is 1.09. The van der Waals surface area contributed by atoms with E-state index in [1.54, 1.807) is 0 Å². The van der Waals surface area contributed by atoms with Gasteiger partial charge in [0, 0.05) is 6.42 Å². The number of ether oxygens (including phenoxy) is 1. The largest absolute Gasteiger partial charge is 0.498 e. The monoisotopic (exact) mass is 140 g/mol. The fourth-order valence-corrected chi connectivity index (χ4v) is 1.09. The Bertz CT molecular complexity index is 151. The van der Waals surface area contributed by atoms with E-state index in [-0.39, 0.29) is 0 Å². The van der Waals surface area contributed by atoms with E-state index in [0.717, 1.165) is 6.42 Å². The summed E-state index contributed by atoms with van der Waals surface area (Å²) < 4.78 is 5.33. The Labute approximate surface area is 63.1 Å². The molecule has 1 rings (SSSR count). The Morgan fingerprint density at radius 3 is 2.30 bits per heavy atom. The molecule has 0 saturated heterocycles. The molecule has 0 radical (unpaired) electrons. The minimum atomic E-state index is 0.296. The predicted molar refractivity (Wildman–Crippen MR) is 42.7 cm³/mol. The molecule has 0 spiro atoms. The lowest BCUT2D eigenvalue weighted by atomic mass is 9.85. The molecule has 0 amide bonds. The van der Waals surface area contributed by atoms with Gasteiger partial charge in [-0.05, 0) is 17.9 Å². The zero-order valence-electron chi connectivity index (χ0n) is 7.27. The molecule has 0 aromatic rings. The standard InChI is InChI=1S/C9H16O/c1-7-5-8(6-10-7)9(2,3)4/h6-7H,5H2,1-4H3. The first-order valence-corrected chi connectivity index (χ1v) is 3.85. The molecule has 1 unspecified atom stereocenters. The summed E-state index contributed by atoms with van der Waals surface area (Å²) >= 11 is 0. The summed E-state index contributed by atoms with van der Waals surface area (Å²) in [5, 5.41) is 0. The summed E-state index contributed by atoms with van der Waals surface area (Å²) in [5.74, 6) is 0. The maximum absolute atomic E-state index is 5.33. The second-order valence-corrected chi connectivity index (χ2v) is 4.04. The van der Waals surface area contributed by atoms with E-state index in [2.05, 4.69) is 27.7 Å². The van der Waals surface area contributed by atoms with Gasteiger partial charge in [0.25, 0.3) is 0 Å². The highest BCUT2D eigenvalue weighted by atomic mass is 16.5. The van der Waals surface area contributed by atoms with Gasteiger partial charge in [-0.3, -0.25) is 0 Å². The van der Waals surface area contributed by atoms with Crippen LogP contribution < -0.4 is 0 Å². The van der Waals surface area contributed by atoms with Crippen molar-refractivity contribution in [1.82, 2.24) is 0 Å². The summed E-state index contributed by atoms with van der Waals surface area (Å²) in [6, 6.07) is 0. The van der Waals surface area contributed by atoms with Crippen LogP contribution in [0.5, 0.6) is 0 Å². The molecule has 1 heteroatoms. The van der Waals surface area contributed by atoms with Crippen LogP contribution in [0.25, 0.3) is 0 Å². The molecule has 0 saturated carbocycles. The van der Waals surface area contributed by atoms with Crippen LogP contribution in [0.15, 0.2) is 11.8 Å². The third-order valence-corrected chi connectivity index (χ3v) is 1.91. The molecule has 1 heterocycles. The van der Waals surface area contributed by atoms with Crippen molar-refractivity contribution in [2.45, 2.75) is 40.2 Å². The summed E-state index contributed by atoms with van der Waals surface area (Å²) in [5.41, 5.74) is 1.73. The maximum atomic E-state index is 5.33. The van der Waals surface area contributed by atoms with Gasteiger partial charge in [0.2, 0.25) is 0 Å². The molecule has 0 bridgehead atoms. The Hall–Kier alpha value is -0.460. The molecule has 0 aromatic carbocycles. The topological polar surface area (TPSA) is 9.23 Å². The highest BCUT2D eigenvalue weighted by molar-refractivity contribution is 5.12. The minimum Gasteiger partial charge on any atom is -0.498 e. The quantitative estimate of drug-likeness (QED) is 0.502. The van der Waals surface area contributed by atoms with E-state index in [1.165, 1.54) is 5.57 Å². The fraction of sp³-hybridized carbons (Fsp3) is 0.778. The van der Waals surface area contributed by atoms with Crippen molar-refractivity contribution in [2.75, 3.05) is 0 Å². The highest BCUT2D eigenvalue weighted by Crippen LogP contribution is 2.33. The second kappa shape index (κ2) is 2.30. The van der Waals surface area contributed by atoms with Gasteiger partial charge < -0.3 is 4.74 Å². The second-order valence-electron chi connectivity index (χ2n) is 4.04. The van der Waals surface area contributed by atoms with E-state index < -0.39 is 0 Å². The van der Waals surface area contributed by atoms with Gasteiger partial charge in [0.05, 0.1) is 12.4 Å². The zero-order valence-corrected chi connectivity index (χ0v) is 7.27. The third kappa shape index (κ3) is 1.53. The maximum Gasteiger partial charge on any atom is 0.0988 e. The van der Waals surface area contributed by atoms with E-state index in [0.29, 0.717) is 11.5 Å². The summed E-state index contributed by atoms with van der Waals surface area (Å²) in [4.78, 5) is 0. The molecule has 0 fully saturated rings. The predicted octanol–water partition coefficient (Wildman–Crippen LogP) is 2.73. The van der Waals surface area contributed by atoms with Gasteiger partial charge in [-0.1, -0.05) is 20.8 Å². The van der Waals surface area contributed by atoms with Gasteiger partial charge in [-0.15, -0.1) is 0 Å². The van der Waals surface area contributed by atoms with Gasteiger partial charge in [0.1, 0.15) is 0 Å². The Morgan fingerprint density at radius 1 is 1.50 bits per heavy atom. The molecule has 1 atom stereocenters. The van der Waals surface area contributed by atoms with Crippen LogP contribution >= 0.6 is 0 Å². The number of rotatable bonds is 0. The van der Waals surface area contributed by atoms with E-state index in [1.807, 2.05) is 6.26 Å². The summed E-state index contributed by atoms with van der Waals surface area (Å²) in [6.07, 6.45) is 3.42. The van der Waals surface area contributed by atoms with Crippen molar-refractivity contribution in [2.24, 2.45) is 5.41 Å². The average Bonchev–Trinajstić information content (AvgIpc) is 2.11. The van der Waals surface area contributed by atoms with E-state index in [9.17, 15) is 0 Å². The number of hydrogen-bond acceptors (Lipinski definition) is 1. The zero-order chi connectivity index (χ0) is 7.78. The van der Waals surface area contributed by atoms with Crippen LogP contribution in [0.2, 0.25) is 0 Å². The molecule has 0 N–H and O–H groups in total. The Kier molecular flexibility index (Phi) is 1.76. The van der Waals surface area contributed by atoms with Crippen LogP contribution in [-0.4, -0.2) is 6.10 Å². The summed E-state index contributed by atoms with van der Waals surface area (Å²) in [6.45, 7) is 8.77.